The first-order valence-corrected chi connectivity index (χ1v) is 14.1. The molecule has 1 unspecified atom stereocenters. The molecule has 0 radical (unpaired) electrons. The van der Waals surface area contributed by atoms with E-state index in [1.54, 1.807) is 36.4 Å². The minimum absolute atomic E-state index is 0.0188. The van der Waals surface area contributed by atoms with Gasteiger partial charge >= 0.3 is 0 Å². The maximum atomic E-state index is 13.5. The number of morpholine rings is 1. The molecule has 2 aliphatic rings. The van der Waals surface area contributed by atoms with E-state index in [2.05, 4.69) is 4.90 Å². The van der Waals surface area contributed by atoms with E-state index in [9.17, 15) is 13.2 Å². The van der Waals surface area contributed by atoms with Crippen LogP contribution in [0.2, 0.25) is 5.02 Å². The van der Waals surface area contributed by atoms with Crippen LogP contribution in [0.5, 0.6) is 5.75 Å². The zero-order valence-corrected chi connectivity index (χ0v) is 22.4. The molecule has 0 aliphatic carbocycles. The topological polar surface area (TPSA) is 79.4 Å². The zero-order valence-electron chi connectivity index (χ0n) is 20.9. The molecule has 36 heavy (non-hydrogen) atoms. The van der Waals surface area contributed by atoms with Crippen LogP contribution in [0.15, 0.2) is 53.4 Å². The van der Waals surface area contributed by atoms with Gasteiger partial charge < -0.3 is 19.3 Å². The average Bonchev–Trinajstić information content (AvgIpc) is 2.88. The number of hydrogen-bond acceptors (Lipinski definition) is 6. The van der Waals surface area contributed by atoms with Crippen molar-refractivity contribution in [2.45, 2.75) is 30.3 Å². The Balaban J connectivity index is 1.56. The molecule has 4 rings (SSSR count). The zero-order chi connectivity index (χ0) is 25.8. The van der Waals surface area contributed by atoms with Crippen molar-refractivity contribution in [3.8, 4) is 5.75 Å². The lowest BCUT2D eigenvalue weighted by molar-refractivity contribution is -0.151. The van der Waals surface area contributed by atoms with Gasteiger partial charge in [0.05, 0.1) is 17.9 Å². The summed E-state index contributed by atoms with van der Waals surface area (Å²) in [5, 5.41) is 0.527. The van der Waals surface area contributed by atoms with Crippen LogP contribution >= 0.6 is 11.6 Å². The van der Waals surface area contributed by atoms with Crippen molar-refractivity contribution in [1.29, 1.82) is 0 Å². The van der Waals surface area contributed by atoms with Crippen LogP contribution in [0.25, 0.3) is 0 Å². The maximum Gasteiger partial charge on any atom is 0.243 e. The van der Waals surface area contributed by atoms with Gasteiger partial charge in [0, 0.05) is 44.3 Å². The Hall–Kier alpha value is -2.17. The number of carbonyl (C=O) groups excluding carboxylic acids is 1. The van der Waals surface area contributed by atoms with Crippen molar-refractivity contribution in [3.05, 3.63) is 59.1 Å². The standard InChI is InChI=1S/C26H34ClN3O5S/c1-3-21-7-9-24(10-8-21)36(32,33)30-15-16-35-26(19-30,20-34-23-6-4-5-22(27)17-23)18-25(31)29-13-11-28(2)12-14-29/h4-10,17H,3,11-16,18-20H2,1-2H3. The number of rotatable bonds is 8. The number of carbonyl (C=O) groups is 1. The number of ether oxygens (including phenoxy) is 2. The van der Waals surface area contributed by atoms with Gasteiger partial charge in [-0.3, -0.25) is 4.79 Å². The van der Waals surface area contributed by atoms with Crippen molar-refractivity contribution in [2.75, 3.05) is 59.5 Å². The second-order valence-electron chi connectivity index (χ2n) is 9.47. The molecule has 0 saturated carbocycles. The van der Waals surface area contributed by atoms with Gasteiger partial charge in [-0.25, -0.2) is 8.42 Å². The molecule has 1 amide bonds. The summed E-state index contributed by atoms with van der Waals surface area (Å²) in [6, 6.07) is 13.9. The molecule has 1 atom stereocenters. The van der Waals surface area contributed by atoms with Crippen LogP contribution in [-0.4, -0.2) is 93.6 Å². The van der Waals surface area contributed by atoms with Crippen LogP contribution in [0, 0.1) is 0 Å². The lowest BCUT2D eigenvalue weighted by atomic mass is 9.97. The largest absolute Gasteiger partial charge is 0.490 e. The summed E-state index contributed by atoms with van der Waals surface area (Å²) in [5.41, 5.74) is -0.0600. The highest BCUT2D eigenvalue weighted by atomic mass is 35.5. The summed E-state index contributed by atoms with van der Waals surface area (Å²) in [7, 11) is -1.74. The van der Waals surface area contributed by atoms with E-state index in [0.29, 0.717) is 23.9 Å². The number of sulfonamides is 1. The van der Waals surface area contributed by atoms with Gasteiger partial charge in [0.25, 0.3) is 0 Å². The Labute approximate surface area is 218 Å². The molecule has 2 aromatic carbocycles. The first kappa shape index (κ1) is 26.9. The van der Waals surface area contributed by atoms with Crippen LogP contribution in [-0.2, 0) is 26.0 Å². The van der Waals surface area contributed by atoms with E-state index in [4.69, 9.17) is 21.1 Å². The number of aryl methyl sites for hydroxylation is 1. The molecule has 2 fully saturated rings. The first-order chi connectivity index (χ1) is 17.2. The Morgan fingerprint density at radius 1 is 1.08 bits per heavy atom. The molecular formula is C26H34ClN3O5S. The molecule has 2 heterocycles. The van der Waals surface area contributed by atoms with E-state index in [0.717, 1.165) is 25.1 Å². The summed E-state index contributed by atoms with van der Waals surface area (Å²) < 4.78 is 40.7. The molecule has 0 N–H and O–H groups in total. The van der Waals surface area contributed by atoms with Crippen molar-refractivity contribution in [1.82, 2.24) is 14.1 Å². The number of hydrogen-bond donors (Lipinski definition) is 0. The minimum Gasteiger partial charge on any atom is -0.490 e. The fraction of sp³-hybridized carbons (Fsp3) is 0.500. The SMILES string of the molecule is CCc1ccc(S(=O)(=O)N2CCOC(COc3cccc(Cl)c3)(CC(=O)N3CCN(C)CC3)C2)cc1. The summed E-state index contributed by atoms with van der Waals surface area (Å²) in [5.74, 6) is 0.469. The molecule has 0 spiro atoms. The first-order valence-electron chi connectivity index (χ1n) is 12.3. The van der Waals surface area contributed by atoms with Crippen LogP contribution in [0.1, 0.15) is 18.9 Å². The Kier molecular flexibility index (Phi) is 8.57. The fourth-order valence-corrected chi connectivity index (χ4v) is 6.20. The van der Waals surface area contributed by atoms with Gasteiger partial charge in [0.1, 0.15) is 18.0 Å². The Bertz CT molecular complexity index is 1150. The number of benzene rings is 2. The monoisotopic (exact) mass is 535 g/mol. The average molecular weight is 536 g/mol. The third kappa shape index (κ3) is 6.39. The number of halogens is 1. The van der Waals surface area contributed by atoms with Gasteiger partial charge in [-0.05, 0) is 49.4 Å². The summed E-state index contributed by atoms with van der Waals surface area (Å²) in [4.78, 5) is 17.6. The van der Waals surface area contributed by atoms with Crippen LogP contribution in [0.3, 0.4) is 0 Å². The predicted molar refractivity (Wildman–Crippen MR) is 139 cm³/mol. The Morgan fingerprint density at radius 3 is 2.47 bits per heavy atom. The van der Waals surface area contributed by atoms with E-state index < -0.39 is 15.6 Å². The summed E-state index contributed by atoms with van der Waals surface area (Å²) in [6.07, 6.45) is 0.855. The maximum absolute atomic E-state index is 13.5. The fourth-order valence-electron chi connectivity index (χ4n) is 4.52. The smallest absolute Gasteiger partial charge is 0.243 e. The Morgan fingerprint density at radius 2 is 1.81 bits per heavy atom. The molecule has 10 heteroatoms. The van der Waals surface area contributed by atoms with Gasteiger partial charge in [-0.15, -0.1) is 0 Å². The lowest BCUT2D eigenvalue weighted by Crippen LogP contribution is -2.59. The highest BCUT2D eigenvalue weighted by molar-refractivity contribution is 7.89. The highest BCUT2D eigenvalue weighted by Crippen LogP contribution is 2.30. The number of nitrogens with zero attached hydrogens (tertiary/aromatic N) is 3. The van der Waals surface area contributed by atoms with Gasteiger partial charge in [0.2, 0.25) is 15.9 Å². The number of likely N-dealkylation sites (N-methyl/N-ethyl adjacent to an activating group) is 1. The predicted octanol–water partition coefficient (Wildman–Crippen LogP) is 2.91. The van der Waals surface area contributed by atoms with Gasteiger partial charge in [-0.1, -0.05) is 36.7 Å². The van der Waals surface area contributed by atoms with Gasteiger partial charge in [-0.2, -0.15) is 4.31 Å². The van der Waals surface area contributed by atoms with E-state index in [1.165, 1.54) is 4.31 Å². The minimum atomic E-state index is -3.77. The van der Waals surface area contributed by atoms with E-state index in [-0.39, 0.29) is 43.5 Å². The molecule has 2 saturated heterocycles. The summed E-state index contributed by atoms with van der Waals surface area (Å²) in [6.45, 7) is 5.30. The molecule has 2 aliphatic heterocycles. The molecule has 196 valence electrons. The molecule has 8 nitrogen and oxygen atoms in total. The molecule has 0 aromatic heterocycles. The highest BCUT2D eigenvalue weighted by Gasteiger charge is 2.44. The number of amides is 1. The molecule has 0 bridgehead atoms. The van der Waals surface area contributed by atoms with E-state index in [1.807, 2.05) is 31.0 Å². The van der Waals surface area contributed by atoms with Crippen LogP contribution < -0.4 is 4.74 Å². The normalized spacial score (nSPS) is 21.9. The lowest BCUT2D eigenvalue weighted by Gasteiger charge is -2.43. The molecule has 2 aromatic rings. The van der Waals surface area contributed by atoms with Crippen molar-refractivity contribution in [2.24, 2.45) is 0 Å². The second kappa shape index (κ2) is 11.5. The third-order valence-electron chi connectivity index (χ3n) is 6.81. The quantitative estimate of drug-likeness (QED) is 0.517. The third-order valence-corrected chi connectivity index (χ3v) is 8.90. The summed E-state index contributed by atoms with van der Waals surface area (Å²) >= 11 is 6.11. The van der Waals surface area contributed by atoms with Crippen LogP contribution in [0.4, 0.5) is 0 Å². The second-order valence-corrected chi connectivity index (χ2v) is 11.8. The van der Waals surface area contributed by atoms with Crippen molar-refractivity contribution < 1.29 is 22.7 Å². The molecular weight excluding hydrogens is 502 g/mol. The van der Waals surface area contributed by atoms with Crippen molar-refractivity contribution >= 4 is 27.5 Å². The van der Waals surface area contributed by atoms with E-state index >= 15 is 0 Å². The number of piperazine rings is 1. The van der Waals surface area contributed by atoms with Crippen molar-refractivity contribution in [3.63, 3.8) is 0 Å². The van der Waals surface area contributed by atoms with Gasteiger partial charge in [0.15, 0.2) is 0 Å².